The maximum Gasteiger partial charge on any atom is 0.295 e. The number of aromatic nitrogens is 1. The van der Waals surface area contributed by atoms with Gasteiger partial charge in [-0.1, -0.05) is 13.0 Å². The van der Waals surface area contributed by atoms with Crippen LogP contribution in [0.4, 0.5) is 0 Å². The molecule has 0 aliphatic carbocycles. The minimum absolute atomic E-state index is 0.0181. The Labute approximate surface area is 226 Å². The number of hydrogen-bond donors (Lipinski definition) is 1. The summed E-state index contributed by atoms with van der Waals surface area (Å²) in [5, 5.41) is 11.5. The normalized spacial score (nSPS) is 17.8. The topological polar surface area (TPSA) is 107 Å². The van der Waals surface area contributed by atoms with E-state index in [-0.39, 0.29) is 17.9 Å². The molecule has 2 aromatic carbocycles. The number of benzene rings is 2. The van der Waals surface area contributed by atoms with Crippen LogP contribution in [0.2, 0.25) is 0 Å². The van der Waals surface area contributed by atoms with Gasteiger partial charge in [0.15, 0.2) is 23.0 Å². The van der Waals surface area contributed by atoms with Gasteiger partial charge in [0.25, 0.3) is 11.7 Å². The molecule has 1 atom stereocenters. The van der Waals surface area contributed by atoms with E-state index in [2.05, 4.69) is 4.98 Å². The van der Waals surface area contributed by atoms with Gasteiger partial charge in [-0.05, 0) is 66.9 Å². The number of Topliss-reactive ketones (excluding diaryl/α,β-unsaturated/α-hetero) is 1. The molecule has 1 fully saturated rings. The zero-order valence-electron chi connectivity index (χ0n) is 21.9. The molecule has 0 bridgehead atoms. The van der Waals surface area contributed by atoms with Crippen molar-refractivity contribution >= 4 is 17.4 Å². The van der Waals surface area contributed by atoms with Crippen LogP contribution in [0.3, 0.4) is 0 Å². The zero-order valence-corrected chi connectivity index (χ0v) is 21.9. The monoisotopic (exact) mass is 530 g/mol. The Morgan fingerprint density at radius 2 is 1.74 bits per heavy atom. The van der Waals surface area contributed by atoms with Crippen LogP contribution in [0.25, 0.3) is 5.76 Å². The number of rotatable bonds is 9. The number of hydrogen-bond acceptors (Lipinski definition) is 8. The summed E-state index contributed by atoms with van der Waals surface area (Å²) in [6, 6.07) is 13.0. The summed E-state index contributed by atoms with van der Waals surface area (Å²) in [5.41, 5.74) is 1.73. The highest BCUT2D eigenvalue weighted by Gasteiger charge is 2.46. The maximum absolute atomic E-state index is 13.5. The van der Waals surface area contributed by atoms with Crippen LogP contribution in [0.5, 0.6) is 23.0 Å². The fraction of sp³-hybridized carbons (Fsp3) is 0.300. The van der Waals surface area contributed by atoms with Crippen LogP contribution in [-0.4, -0.2) is 53.1 Å². The fourth-order valence-corrected chi connectivity index (χ4v) is 4.71. The number of aliphatic hydroxyl groups is 1. The van der Waals surface area contributed by atoms with Crippen molar-refractivity contribution in [1.82, 2.24) is 9.88 Å². The summed E-state index contributed by atoms with van der Waals surface area (Å²) in [6.07, 6.45) is 4.08. The number of carbonyl (C=O) groups is 2. The Kier molecular flexibility index (Phi) is 7.67. The van der Waals surface area contributed by atoms with Gasteiger partial charge in [-0.3, -0.25) is 14.6 Å². The lowest BCUT2D eigenvalue weighted by atomic mass is 9.94. The largest absolute Gasteiger partial charge is 0.507 e. The molecule has 3 heterocycles. The van der Waals surface area contributed by atoms with Crippen molar-refractivity contribution in [2.24, 2.45) is 0 Å². The summed E-state index contributed by atoms with van der Waals surface area (Å²) < 4.78 is 23.0. The van der Waals surface area contributed by atoms with Gasteiger partial charge >= 0.3 is 0 Å². The van der Waals surface area contributed by atoms with E-state index in [1.54, 1.807) is 60.9 Å². The Balaban J connectivity index is 1.63. The van der Waals surface area contributed by atoms with E-state index in [1.165, 1.54) is 4.90 Å². The Hall–Kier alpha value is -4.53. The third-order valence-corrected chi connectivity index (χ3v) is 6.50. The van der Waals surface area contributed by atoms with Crippen LogP contribution < -0.4 is 18.9 Å². The first-order chi connectivity index (χ1) is 19.0. The molecule has 1 N–H and O–H groups in total. The van der Waals surface area contributed by atoms with Crippen molar-refractivity contribution < 1.29 is 33.6 Å². The van der Waals surface area contributed by atoms with E-state index >= 15 is 0 Å². The average Bonchev–Trinajstić information content (AvgIpc) is 3.21. The van der Waals surface area contributed by atoms with Crippen LogP contribution in [-0.2, 0) is 16.1 Å². The molecule has 1 unspecified atom stereocenters. The highest BCUT2D eigenvalue weighted by Crippen LogP contribution is 2.43. The number of fused-ring (bicyclic) bond motifs is 1. The molecule has 2 aliphatic rings. The van der Waals surface area contributed by atoms with Crippen molar-refractivity contribution in [2.75, 3.05) is 26.4 Å². The van der Waals surface area contributed by atoms with Crippen LogP contribution in [0.1, 0.15) is 43.0 Å². The second kappa shape index (κ2) is 11.5. The average molecular weight is 531 g/mol. The number of amides is 1. The number of ketones is 1. The molecule has 0 saturated carbocycles. The molecule has 5 rings (SSSR count). The number of pyridine rings is 1. The lowest BCUT2D eigenvalue weighted by molar-refractivity contribution is -0.140. The van der Waals surface area contributed by atoms with E-state index in [4.69, 9.17) is 18.9 Å². The van der Waals surface area contributed by atoms with Crippen molar-refractivity contribution in [3.05, 3.63) is 83.2 Å². The minimum atomic E-state index is -0.870. The predicted molar refractivity (Wildman–Crippen MR) is 143 cm³/mol. The van der Waals surface area contributed by atoms with E-state index < -0.39 is 17.7 Å². The van der Waals surface area contributed by atoms with Crippen LogP contribution >= 0.6 is 0 Å². The molecule has 39 heavy (non-hydrogen) atoms. The molecule has 202 valence electrons. The molecular formula is C30H30N2O7. The molecule has 3 aromatic rings. The van der Waals surface area contributed by atoms with Gasteiger partial charge in [0.1, 0.15) is 19.0 Å². The molecule has 1 saturated heterocycles. The van der Waals surface area contributed by atoms with E-state index in [0.717, 1.165) is 12.0 Å². The number of ether oxygens (including phenoxy) is 4. The molecule has 9 heteroatoms. The Bertz CT molecular complexity index is 1400. The standard InChI is InChI=1S/C30H30N2O7/c1-3-13-37-22-7-5-20(16-24(22)36-4-2)27-26(28(33)21-6-8-23-25(17-21)39-15-14-38-23)29(34)30(35)32(27)18-19-9-11-31-12-10-19/h5-12,16-17,27,33H,3-4,13-15,18H2,1-2H3. The summed E-state index contributed by atoms with van der Waals surface area (Å²) >= 11 is 0. The lowest BCUT2D eigenvalue weighted by Gasteiger charge is -2.26. The van der Waals surface area contributed by atoms with E-state index in [9.17, 15) is 14.7 Å². The maximum atomic E-state index is 13.5. The number of nitrogens with zero attached hydrogens (tertiary/aromatic N) is 2. The Morgan fingerprint density at radius 1 is 0.974 bits per heavy atom. The highest BCUT2D eigenvalue weighted by molar-refractivity contribution is 6.46. The molecule has 1 amide bonds. The van der Waals surface area contributed by atoms with E-state index in [1.807, 2.05) is 13.8 Å². The summed E-state index contributed by atoms with van der Waals surface area (Å²) in [6.45, 7) is 5.75. The number of likely N-dealkylation sites (tertiary alicyclic amines) is 1. The molecule has 1 aromatic heterocycles. The van der Waals surface area contributed by atoms with Crippen LogP contribution in [0, 0.1) is 0 Å². The molecule has 9 nitrogen and oxygen atoms in total. The number of aliphatic hydroxyl groups excluding tert-OH is 1. The molecule has 0 radical (unpaired) electrons. The van der Waals surface area contributed by atoms with Crippen molar-refractivity contribution in [1.29, 1.82) is 0 Å². The fourth-order valence-electron chi connectivity index (χ4n) is 4.71. The van der Waals surface area contributed by atoms with Gasteiger partial charge in [-0.2, -0.15) is 0 Å². The second-order valence-electron chi connectivity index (χ2n) is 9.13. The van der Waals surface area contributed by atoms with Gasteiger partial charge in [-0.15, -0.1) is 0 Å². The molecular weight excluding hydrogens is 500 g/mol. The SMILES string of the molecule is CCCOc1ccc(C2C(=C(O)c3ccc4c(c3)OCCO4)C(=O)C(=O)N2Cc2ccncc2)cc1OCC. The smallest absolute Gasteiger partial charge is 0.295 e. The van der Waals surface area contributed by atoms with Gasteiger partial charge in [0.2, 0.25) is 0 Å². The van der Waals surface area contributed by atoms with Crippen molar-refractivity contribution in [3.63, 3.8) is 0 Å². The van der Waals surface area contributed by atoms with Crippen molar-refractivity contribution in [3.8, 4) is 23.0 Å². The minimum Gasteiger partial charge on any atom is -0.507 e. The molecule has 2 aliphatic heterocycles. The zero-order chi connectivity index (χ0) is 27.4. The summed E-state index contributed by atoms with van der Waals surface area (Å²) in [5.74, 6) is 0.306. The third kappa shape index (κ3) is 5.25. The van der Waals surface area contributed by atoms with Crippen molar-refractivity contribution in [2.45, 2.75) is 32.9 Å². The lowest BCUT2D eigenvalue weighted by Crippen LogP contribution is -2.29. The summed E-state index contributed by atoms with van der Waals surface area (Å²) in [4.78, 5) is 32.4. The van der Waals surface area contributed by atoms with Crippen LogP contribution in [0.15, 0.2) is 66.5 Å². The summed E-state index contributed by atoms with van der Waals surface area (Å²) in [7, 11) is 0. The highest BCUT2D eigenvalue weighted by atomic mass is 16.6. The number of carbonyl (C=O) groups excluding carboxylic acids is 2. The van der Waals surface area contributed by atoms with Gasteiger partial charge in [0.05, 0.1) is 24.8 Å². The molecule has 0 spiro atoms. The Morgan fingerprint density at radius 3 is 2.49 bits per heavy atom. The second-order valence-corrected chi connectivity index (χ2v) is 9.13. The first kappa shape index (κ1) is 26.1. The first-order valence-electron chi connectivity index (χ1n) is 13.0. The third-order valence-electron chi connectivity index (χ3n) is 6.50. The predicted octanol–water partition coefficient (Wildman–Crippen LogP) is 4.66. The van der Waals surface area contributed by atoms with Gasteiger partial charge in [-0.25, -0.2) is 0 Å². The van der Waals surface area contributed by atoms with E-state index in [0.29, 0.717) is 60.6 Å². The first-order valence-corrected chi connectivity index (χ1v) is 13.0. The quantitative estimate of drug-likeness (QED) is 0.242. The van der Waals surface area contributed by atoms with Gasteiger partial charge < -0.3 is 29.0 Å². The van der Waals surface area contributed by atoms with Gasteiger partial charge in [0, 0.05) is 24.5 Å².